The summed E-state index contributed by atoms with van der Waals surface area (Å²) in [6.45, 7) is 1.03. The van der Waals surface area contributed by atoms with E-state index in [2.05, 4.69) is 10.3 Å². The molecule has 1 aliphatic heterocycles. The molecule has 1 atom stereocenters. The van der Waals surface area contributed by atoms with Crippen LogP contribution in [0.25, 0.3) is 0 Å². The van der Waals surface area contributed by atoms with E-state index in [0.717, 1.165) is 5.56 Å². The van der Waals surface area contributed by atoms with Crippen LogP contribution in [-0.4, -0.2) is 24.1 Å². The highest BCUT2D eigenvalue weighted by Gasteiger charge is 2.43. The first-order valence-electron chi connectivity index (χ1n) is 6.66. The summed E-state index contributed by atoms with van der Waals surface area (Å²) in [7, 11) is 0. The van der Waals surface area contributed by atoms with Gasteiger partial charge in [-0.1, -0.05) is 30.3 Å². The van der Waals surface area contributed by atoms with Crippen molar-refractivity contribution in [3.05, 3.63) is 60.4 Å². The predicted molar refractivity (Wildman–Crippen MR) is 76.4 cm³/mol. The van der Waals surface area contributed by atoms with Crippen molar-refractivity contribution >= 4 is 11.6 Å². The summed E-state index contributed by atoms with van der Waals surface area (Å²) in [5.41, 5.74) is 1.11. The fourth-order valence-electron chi connectivity index (χ4n) is 2.55. The third-order valence-electron chi connectivity index (χ3n) is 3.70. The lowest BCUT2D eigenvalue weighted by Gasteiger charge is -2.26. The predicted octanol–water partition coefficient (Wildman–Crippen LogP) is 2.38. The van der Waals surface area contributed by atoms with Gasteiger partial charge in [0.05, 0.1) is 23.9 Å². The molecule has 0 aliphatic carbocycles. The smallest absolute Gasteiger partial charge is 0.237 e. The Balaban J connectivity index is 1.89. The lowest BCUT2D eigenvalue weighted by atomic mass is 9.79. The molecule has 2 heterocycles. The van der Waals surface area contributed by atoms with Crippen LogP contribution in [0.4, 0.5) is 5.69 Å². The third-order valence-corrected chi connectivity index (χ3v) is 3.70. The number of carbonyl (C=O) groups is 1. The van der Waals surface area contributed by atoms with Crippen LogP contribution in [0.1, 0.15) is 12.0 Å². The van der Waals surface area contributed by atoms with E-state index in [0.29, 0.717) is 25.3 Å². The molecule has 0 radical (unpaired) electrons. The zero-order valence-corrected chi connectivity index (χ0v) is 11.1. The van der Waals surface area contributed by atoms with Crippen LogP contribution in [0.2, 0.25) is 0 Å². The van der Waals surface area contributed by atoms with Crippen molar-refractivity contribution in [3.8, 4) is 0 Å². The Bertz CT molecular complexity index is 578. The summed E-state index contributed by atoms with van der Waals surface area (Å²) < 4.78 is 5.50. The molecular formula is C16H16N2O2. The average molecular weight is 268 g/mol. The molecule has 1 N–H and O–H groups in total. The first-order valence-corrected chi connectivity index (χ1v) is 6.66. The first-order chi connectivity index (χ1) is 9.81. The number of nitrogens with zero attached hydrogens (tertiary/aromatic N) is 1. The van der Waals surface area contributed by atoms with Gasteiger partial charge >= 0.3 is 0 Å². The Morgan fingerprint density at radius 2 is 2.05 bits per heavy atom. The highest BCUT2D eigenvalue weighted by Crippen LogP contribution is 2.34. The van der Waals surface area contributed by atoms with Gasteiger partial charge in [0.2, 0.25) is 5.91 Å². The van der Waals surface area contributed by atoms with Crippen molar-refractivity contribution in [2.24, 2.45) is 0 Å². The second-order valence-electron chi connectivity index (χ2n) is 4.95. The molecule has 1 fully saturated rings. The number of pyridine rings is 1. The molecule has 1 amide bonds. The molecule has 4 heteroatoms. The fourth-order valence-corrected chi connectivity index (χ4v) is 2.55. The number of anilines is 1. The van der Waals surface area contributed by atoms with Crippen LogP contribution in [0.3, 0.4) is 0 Å². The van der Waals surface area contributed by atoms with E-state index in [1.807, 2.05) is 36.4 Å². The van der Waals surface area contributed by atoms with Gasteiger partial charge in [-0.15, -0.1) is 0 Å². The molecule has 0 saturated carbocycles. The minimum absolute atomic E-state index is 0.0331. The van der Waals surface area contributed by atoms with Gasteiger partial charge in [-0.25, -0.2) is 0 Å². The number of benzene rings is 1. The Labute approximate surface area is 117 Å². The number of aromatic nitrogens is 1. The molecule has 1 saturated heterocycles. The van der Waals surface area contributed by atoms with Crippen molar-refractivity contribution in [1.29, 1.82) is 0 Å². The van der Waals surface area contributed by atoms with Crippen LogP contribution in [0, 0.1) is 0 Å². The van der Waals surface area contributed by atoms with Gasteiger partial charge in [-0.3, -0.25) is 9.78 Å². The van der Waals surface area contributed by atoms with Gasteiger partial charge in [0.25, 0.3) is 0 Å². The van der Waals surface area contributed by atoms with Gasteiger partial charge in [-0.05, 0) is 24.1 Å². The second-order valence-corrected chi connectivity index (χ2v) is 4.95. The zero-order chi connectivity index (χ0) is 13.8. The van der Waals surface area contributed by atoms with Gasteiger partial charge in [0.1, 0.15) is 0 Å². The standard InChI is InChI=1S/C16H16N2O2/c19-15(18-14-7-4-9-17-11-14)16(8-10-20-12-16)13-5-2-1-3-6-13/h1-7,9,11H,8,10,12H2,(H,18,19). The van der Waals surface area contributed by atoms with Crippen molar-refractivity contribution < 1.29 is 9.53 Å². The number of ether oxygens (including phenoxy) is 1. The molecule has 1 aromatic carbocycles. The number of amides is 1. The Morgan fingerprint density at radius 1 is 1.20 bits per heavy atom. The molecule has 102 valence electrons. The monoisotopic (exact) mass is 268 g/mol. The SMILES string of the molecule is O=C(Nc1cccnc1)C1(c2ccccc2)CCOC1. The molecule has 1 aromatic heterocycles. The molecule has 1 unspecified atom stereocenters. The van der Waals surface area contributed by atoms with E-state index in [-0.39, 0.29) is 5.91 Å². The molecular weight excluding hydrogens is 252 g/mol. The number of nitrogens with one attached hydrogen (secondary N) is 1. The second kappa shape index (κ2) is 5.43. The summed E-state index contributed by atoms with van der Waals surface area (Å²) in [4.78, 5) is 16.7. The average Bonchev–Trinajstić information content (AvgIpc) is 3.00. The highest BCUT2D eigenvalue weighted by molar-refractivity contribution is 5.99. The van der Waals surface area contributed by atoms with E-state index in [1.54, 1.807) is 18.5 Å². The van der Waals surface area contributed by atoms with Crippen molar-refractivity contribution in [2.45, 2.75) is 11.8 Å². The van der Waals surface area contributed by atoms with Crippen LogP contribution in [-0.2, 0) is 14.9 Å². The number of rotatable bonds is 3. The maximum absolute atomic E-state index is 12.7. The molecule has 4 nitrogen and oxygen atoms in total. The van der Waals surface area contributed by atoms with Crippen LogP contribution < -0.4 is 5.32 Å². The summed E-state index contributed by atoms with van der Waals surface area (Å²) in [5.74, 6) is -0.0331. The Kier molecular flexibility index (Phi) is 3.48. The summed E-state index contributed by atoms with van der Waals surface area (Å²) >= 11 is 0. The van der Waals surface area contributed by atoms with Crippen molar-refractivity contribution in [3.63, 3.8) is 0 Å². The third kappa shape index (κ3) is 2.30. The number of hydrogen-bond donors (Lipinski definition) is 1. The maximum Gasteiger partial charge on any atom is 0.237 e. The summed E-state index contributed by atoms with van der Waals surface area (Å²) in [6.07, 6.45) is 4.02. The molecule has 2 aromatic rings. The number of carbonyl (C=O) groups excluding carboxylic acids is 1. The first kappa shape index (κ1) is 12.8. The van der Waals surface area contributed by atoms with Gasteiger partial charge in [0, 0.05) is 12.8 Å². The van der Waals surface area contributed by atoms with Crippen LogP contribution in [0.5, 0.6) is 0 Å². The summed E-state index contributed by atoms with van der Waals surface area (Å²) in [5, 5.41) is 2.94. The van der Waals surface area contributed by atoms with Crippen molar-refractivity contribution in [2.75, 3.05) is 18.5 Å². The van der Waals surface area contributed by atoms with Gasteiger partial charge in [0.15, 0.2) is 0 Å². The van der Waals surface area contributed by atoms with Crippen LogP contribution in [0.15, 0.2) is 54.9 Å². The maximum atomic E-state index is 12.7. The van der Waals surface area contributed by atoms with E-state index in [9.17, 15) is 4.79 Å². The van der Waals surface area contributed by atoms with E-state index < -0.39 is 5.41 Å². The minimum atomic E-state index is -0.600. The normalized spacial score (nSPS) is 21.6. The van der Waals surface area contributed by atoms with Gasteiger partial charge in [-0.2, -0.15) is 0 Å². The van der Waals surface area contributed by atoms with E-state index >= 15 is 0 Å². The Hall–Kier alpha value is -2.20. The molecule has 3 rings (SSSR count). The lowest BCUT2D eigenvalue weighted by molar-refractivity contribution is -0.121. The zero-order valence-electron chi connectivity index (χ0n) is 11.1. The van der Waals surface area contributed by atoms with Crippen LogP contribution >= 0.6 is 0 Å². The lowest BCUT2D eigenvalue weighted by Crippen LogP contribution is -2.41. The molecule has 0 spiro atoms. The minimum Gasteiger partial charge on any atom is -0.380 e. The molecule has 20 heavy (non-hydrogen) atoms. The fraction of sp³-hybridized carbons (Fsp3) is 0.250. The quantitative estimate of drug-likeness (QED) is 0.929. The molecule has 1 aliphatic rings. The van der Waals surface area contributed by atoms with Gasteiger partial charge < -0.3 is 10.1 Å². The van der Waals surface area contributed by atoms with Crippen molar-refractivity contribution in [1.82, 2.24) is 4.98 Å². The Morgan fingerprint density at radius 3 is 2.70 bits per heavy atom. The van der Waals surface area contributed by atoms with E-state index in [4.69, 9.17) is 4.74 Å². The largest absolute Gasteiger partial charge is 0.380 e. The summed E-state index contributed by atoms with van der Waals surface area (Å²) in [6, 6.07) is 13.5. The highest BCUT2D eigenvalue weighted by atomic mass is 16.5. The van der Waals surface area contributed by atoms with E-state index in [1.165, 1.54) is 0 Å². The number of hydrogen-bond acceptors (Lipinski definition) is 3. The molecule has 0 bridgehead atoms. The topological polar surface area (TPSA) is 51.2 Å².